The number of rotatable bonds is 2. The van der Waals surface area contributed by atoms with Crippen LogP contribution in [0.15, 0.2) is 24.3 Å². The zero-order valence-corrected chi connectivity index (χ0v) is 8.00. The average molecular weight is 179 g/mol. The van der Waals surface area contributed by atoms with E-state index in [4.69, 9.17) is 0 Å². The van der Waals surface area contributed by atoms with E-state index >= 15 is 0 Å². The summed E-state index contributed by atoms with van der Waals surface area (Å²) in [5.74, 6) is -0.0469. The van der Waals surface area contributed by atoms with Crippen molar-refractivity contribution in [2.45, 2.75) is 19.9 Å². The molecule has 0 saturated carbocycles. The minimum atomic E-state index is -0.223. The summed E-state index contributed by atoms with van der Waals surface area (Å²) in [6, 6.07) is 7.47. The fourth-order valence-corrected chi connectivity index (χ4v) is 0.969. The topological polar surface area (TPSA) is 56.7 Å². The van der Waals surface area contributed by atoms with Gasteiger partial charge in [-0.1, -0.05) is 18.2 Å². The van der Waals surface area contributed by atoms with E-state index in [1.54, 1.807) is 6.92 Å². The lowest BCUT2D eigenvalue weighted by molar-refractivity contribution is -0.396. The molecule has 70 valence electrons. The lowest BCUT2D eigenvalue weighted by atomic mass is 10.2. The van der Waals surface area contributed by atoms with Crippen molar-refractivity contribution in [1.82, 2.24) is 0 Å². The Labute approximate surface area is 77.9 Å². The molecule has 0 aliphatic rings. The molecule has 0 aromatic heterocycles. The maximum absolute atomic E-state index is 11.3. The molecule has 3 heteroatoms. The van der Waals surface area contributed by atoms with Crippen molar-refractivity contribution in [1.29, 1.82) is 0 Å². The average Bonchev–Trinajstić information content (AvgIpc) is 2.08. The molecule has 0 spiro atoms. The van der Waals surface area contributed by atoms with E-state index in [0.29, 0.717) is 0 Å². The van der Waals surface area contributed by atoms with Crippen LogP contribution < -0.4 is 11.1 Å². The number of nitrogens with one attached hydrogen (secondary N) is 1. The second-order valence-corrected chi connectivity index (χ2v) is 3.21. The maximum atomic E-state index is 11.3. The van der Waals surface area contributed by atoms with Crippen molar-refractivity contribution in [3.05, 3.63) is 29.8 Å². The number of benzene rings is 1. The molecule has 0 aliphatic heterocycles. The van der Waals surface area contributed by atoms with Gasteiger partial charge in [-0.15, -0.1) is 0 Å². The second kappa shape index (κ2) is 4.05. The summed E-state index contributed by atoms with van der Waals surface area (Å²) in [5.41, 5.74) is 5.58. The van der Waals surface area contributed by atoms with Gasteiger partial charge in [-0.05, 0) is 25.5 Å². The number of para-hydroxylation sites is 1. The number of carbonyl (C=O) groups is 1. The Morgan fingerprint density at radius 3 is 2.62 bits per heavy atom. The summed E-state index contributed by atoms with van der Waals surface area (Å²) in [6.07, 6.45) is 0. The Hall–Kier alpha value is -1.35. The van der Waals surface area contributed by atoms with Gasteiger partial charge < -0.3 is 11.1 Å². The Kier molecular flexibility index (Phi) is 3.03. The van der Waals surface area contributed by atoms with Gasteiger partial charge in [0.05, 0.1) is 0 Å². The van der Waals surface area contributed by atoms with Gasteiger partial charge >= 0.3 is 0 Å². The summed E-state index contributed by atoms with van der Waals surface area (Å²) in [6.45, 7) is 3.73. The van der Waals surface area contributed by atoms with Gasteiger partial charge in [-0.3, -0.25) is 4.79 Å². The Morgan fingerprint density at radius 2 is 2.08 bits per heavy atom. The van der Waals surface area contributed by atoms with Crippen LogP contribution in [0, 0.1) is 6.92 Å². The smallest absolute Gasteiger partial charge is 0.282 e. The standard InChI is InChI=1S/C10H14N2O/c1-7-5-3-4-6-9(7)12-10(13)8(2)11/h3-6,8H,11H2,1-2H3,(H,12,13)/p+1. The monoisotopic (exact) mass is 179 g/mol. The third kappa shape index (κ3) is 2.56. The molecule has 0 heterocycles. The van der Waals surface area contributed by atoms with E-state index < -0.39 is 0 Å². The fraction of sp³-hybridized carbons (Fsp3) is 0.300. The van der Waals surface area contributed by atoms with Crippen LogP contribution in [0.1, 0.15) is 12.5 Å². The first-order valence-corrected chi connectivity index (χ1v) is 4.31. The zero-order chi connectivity index (χ0) is 9.84. The number of hydrogen-bond acceptors (Lipinski definition) is 1. The van der Waals surface area contributed by atoms with Crippen LogP contribution in [0.5, 0.6) is 0 Å². The molecule has 0 aliphatic carbocycles. The predicted octanol–water partition coefficient (Wildman–Crippen LogP) is 0.564. The highest BCUT2D eigenvalue weighted by molar-refractivity contribution is 5.94. The van der Waals surface area contributed by atoms with Crippen molar-refractivity contribution < 1.29 is 10.5 Å². The van der Waals surface area contributed by atoms with Crippen LogP contribution in [0.4, 0.5) is 5.69 Å². The highest BCUT2D eigenvalue weighted by Gasteiger charge is 2.10. The summed E-state index contributed by atoms with van der Waals surface area (Å²) in [4.78, 5) is 11.3. The van der Waals surface area contributed by atoms with E-state index in [1.165, 1.54) is 0 Å². The van der Waals surface area contributed by atoms with E-state index in [1.807, 2.05) is 31.2 Å². The molecule has 0 saturated heterocycles. The molecule has 1 amide bonds. The van der Waals surface area contributed by atoms with Gasteiger partial charge in [-0.25, -0.2) is 0 Å². The van der Waals surface area contributed by atoms with E-state index in [2.05, 4.69) is 11.1 Å². The molecule has 1 unspecified atom stereocenters. The molecule has 3 nitrogen and oxygen atoms in total. The van der Waals surface area contributed by atoms with Crippen LogP contribution in [0.2, 0.25) is 0 Å². The molecular formula is C10H15N2O+. The number of carbonyl (C=O) groups excluding carboxylic acids is 1. The third-order valence-corrected chi connectivity index (χ3v) is 1.85. The highest BCUT2D eigenvalue weighted by atomic mass is 16.2. The minimum absolute atomic E-state index is 0.0469. The van der Waals surface area contributed by atoms with Crippen LogP contribution in [0.25, 0.3) is 0 Å². The molecule has 1 atom stereocenters. The number of anilines is 1. The van der Waals surface area contributed by atoms with E-state index in [9.17, 15) is 4.79 Å². The minimum Gasteiger partial charge on any atom is -0.348 e. The van der Waals surface area contributed by atoms with Crippen molar-refractivity contribution in [2.24, 2.45) is 0 Å². The zero-order valence-electron chi connectivity index (χ0n) is 8.00. The van der Waals surface area contributed by atoms with E-state index in [-0.39, 0.29) is 11.9 Å². The lowest BCUT2D eigenvalue weighted by Crippen LogP contribution is -2.64. The number of quaternary nitrogens is 1. The summed E-state index contributed by atoms with van der Waals surface area (Å²) in [5, 5.41) is 2.81. The van der Waals surface area contributed by atoms with Gasteiger partial charge in [0.1, 0.15) is 0 Å². The van der Waals surface area contributed by atoms with Gasteiger partial charge in [-0.2, -0.15) is 0 Å². The summed E-state index contributed by atoms with van der Waals surface area (Å²) in [7, 11) is 0. The molecule has 1 aromatic carbocycles. The first kappa shape index (κ1) is 9.74. The summed E-state index contributed by atoms with van der Waals surface area (Å²) < 4.78 is 0. The van der Waals surface area contributed by atoms with Crippen molar-refractivity contribution >= 4 is 11.6 Å². The predicted molar refractivity (Wildman–Crippen MR) is 52.2 cm³/mol. The van der Waals surface area contributed by atoms with Crippen LogP contribution in [-0.4, -0.2) is 11.9 Å². The number of hydrogen-bond donors (Lipinski definition) is 2. The van der Waals surface area contributed by atoms with Gasteiger partial charge in [0, 0.05) is 5.69 Å². The Bertz CT molecular complexity index is 308. The van der Waals surface area contributed by atoms with E-state index in [0.717, 1.165) is 11.3 Å². The highest BCUT2D eigenvalue weighted by Crippen LogP contribution is 2.12. The lowest BCUT2D eigenvalue weighted by Gasteiger charge is -2.07. The Balaban J connectivity index is 2.75. The quantitative estimate of drug-likeness (QED) is 0.685. The molecule has 0 fully saturated rings. The van der Waals surface area contributed by atoms with Gasteiger partial charge in [0.25, 0.3) is 5.91 Å². The molecule has 0 radical (unpaired) electrons. The molecule has 0 bridgehead atoms. The first-order chi connectivity index (χ1) is 6.11. The number of aryl methyl sites for hydroxylation is 1. The Morgan fingerprint density at radius 1 is 1.46 bits per heavy atom. The van der Waals surface area contributed by atoms with Crippen molar-refractivity contribution in [3.63, 3.8) is 0 Å². The summed E-state index contributed by atoms with van der Waals surface area (Å²) >= 11 is 0. The normalized spacial score (nSPS) is 12.2. The SMILES string of the molecule is Cc1ccccc1NC(=O)C(C)[NH3+]. The maximum Gasteiger partial charge on any atom is 0.282 e. The van der Waals surface area contributed by atoms with Crippen molar-refractivity contribution in [3.8, 4) is 0 Å². The van der Waals surface area contributed by atoms with Crippen LogP contribution >= 0.6 is 0 Å². The van der Waals surface area contributed by atoms with Crippen LogP contribution in [0.3, 0.4) is 0 Å². The largest absolute Gasteiger partial charge is 0.348 e. The van der Waals surface area contributed by atoms with Gasteiger partial charge in [0.2, 0.25) is 0 Å². The molecule has 1 aromatic rings. The third-order valence-electron chi connectivity index (χ3n) is 1.85. The first-order valence-electron chi connectivity index (χ1n) is 4.31. The van der Waals surface area contributed by atoms with Gasteiger partial charge in [0.15, 0.2) is 6.04 Å². The molecule has 13 heavy (non-hydrogen) atoms. The van der Waals surface area contributed by atoms with Crippen LogP contribution in [-0.2, 0) is 4.79 Å². The number of amides is 1. The van der Waals surface area contributed by atoms with Crippen molar-refractivity contribution in [2.75, 3.05) is 5.32 Å². The fourth-order valence-electron chi connectivity index (χ4n) is 0.969. The molecule has 4 N–H and O–H groups in total. The molecular weight excluding hydrogens is 164 g/mol. The molecule has 1 rings (SSSR count). The second-order valence-electron chi connectivity index (χ2n) is 3.21.